The van der Waals surface area contributed by atoms with Crippen LogP contribution in [0.1, 0.15) is 34.5 Å². The molecule has 5 rings (SSSR count). The highest BCUT2D eigenvalue weighted by Crippen LogP contribution is 2.39. The number of anilines is 2. The first kappa shape index (κ1) is 35.5. The molecule has 0 aliphatic carbocycles. The Morgan fingerprint density at radius 3 is 2.37 bits per heavy atom. The average Bonchev–Trinajstić information content (AvgIpc) is 3.12. The minimum atomic E-state index is -1.73. The molecule has 0 spiro atoms. The first-order chi connectivity index (χ1) is 23.6. The van der Waals surface area contributed by atoms with Gasteiger partial charge in [0.15, 0.2) is 11.5 Å². The summed E-state index contributed by atoms with van der Waals surface area (Å²) >= 11 is 0. The second-order valence-electron chi connectivity index (χ2n) is 11.5. The third-order valence-corrected chi connectivity index (χ3v) is 8.15. The summed E-state index contributed by atoms with van der Waals surface area (Å²) in [7, 11) is 0. The fraction of sp³-hybridized carbons (Fsp3) is 0.382. The van der Waals surface area contributed by atoms with E-state index < -0.39 is 49.3 Å². The van der Waals surface area contributed by atoms with Crippen molar-refractivity contribution in [1.82, 2.24) is 4.90 Å². The molecule has 2 amide bonds. The Labute approximate surface area is 282 Å². The van der Waals surface area contributed by atoms with Gasteiger partial charge in [-0.05, 0) is 49.4 Å². The fourth-order valence-electron chi connectivity index (χ4n) is 5.52. The highest BCUT2D eigenvalue weighted by Gasteiger charge is 2.45. The zero-order valence-corrected chi connectivity index (χ0v) is 26.8. The molecule has 2 aliphatic rings. The molecule has 6 unspecified atom stereocenters. The van der Waals surface area contributed by atoms with Crippen LogP contribution in [0.3, 0.4) is 0 Å². The summed E-state index contributed by atoms with van der Waals surface area (Å²) in [5.41, 5.74) is 7.63. The van der Waals surface area contributed by atoms with Gasteiger partial charge in [0.05, 0.1) is 26.4 Å². The molecule has 2 aliphatic heterocycles. The SMILES string of the molecule is CCOc1cccc(C(Nc2cccc(C(=N)N)c2)C(=O)Nc2ccc(C(=O)N3CCOCC3)cc2)c1OC1OC(CO)C(O)C(O)C1O. The summed E-state index contributed by atoms with van der Waals surface area (Å²) in [5, 5.41) is 55.1. The summed E-state index contributed by atoms with van der Waals surface area (Å²) in [4.78, 5) is 28.8. The third kappa shape index (κ3) is 8.28. The Hall–Kier alpha value is -4.77. The number of rotatable bonds is 12. The molecule has 0 saturated carbocycles. The van der Waals surface area contributed by atoms with Crippen molar-refractivity contribution in [3.8, 4) is 11.5 Å². The quantitative estimate of drug-likeness (QED) is 0.0983. The van der Waals surface area contributed by atoms with E-state index in [1.165, 1.54) is 0 Å². The van der Waals surface area contributed by atoms with E-state index in [4.69, 9.17) is 30.1 Å². The van der Waals surface area contributed by atoms with Crippen LogP contribution in [0.2, 0.25) is 0 Å². The van der Waals surface area contributed by atoms with E-state index in [1.807, 2.05) is 0 Å². The largest absolute Gasteiger partial charge is 0.490 e. The van der Waals surface area contributed by atoms with Crippen molar-refractivity contribution >= 4 is 29.0 Å². The monoisotopic (exact) mass is 679 g/mol. The van der Waals surface area contributed by atoms with Gasteiger partial charge in [-0.2, -0.15) is 0 Å². The third-order valence-electron chi connectivity index (χ3n) is 8.15. The number of aliphatic hydroxyl groups excluding tert-OH is 4. The van der Waals surface area contributed by atoms with Gasteiger partial charge in [0, 0.05) is 41.2 Å². The highest BCUT2D eigenvalue weighted by atomic mass is 16.7. The normalized spacial score (nSPS) is 22.9. The molecule has 6 atom stereocenters. The van der Waals surface area contributed by atoms with Gasteiger partial charge in [-0.15, -0.1) is 0 Å². The highest BCUT2D eigenvalue weighted by molar-refractivity contribution is 6.00. The number of ether oxygens (including phenoxy) is 4. The molecule has 15 nitrogen and oxygen atoms in total. The van der Waals surface area contributed by atoms with Crippen molar-refractivity contribution in [2.45, 2.75) is 43.7 Å². The minimum Gasteiger partial charge on any atom is -0.490 e. The van der Waals surface area contributed by atoms with Gasteiger partial charge in [0.1, 0.15) is 36.3 Å². The van der Waals surface area contributed by atoms with E-state index in [-0.39, 0.29) is 35.4 Å². The molecule has 2 fully saturated rings. The lowest BCUT2D eigenvalue weighted by molar-refractivity contribution is -0.277. The number of carbonyl (C=O) groups is 2. The van der Waals surface area contributed by atoms with Gasteiger partial charge >= 0.3 is 0 Å². The molecule has 3 aromatic rings. The standard InChI is InChI=1S/C34H41N5O10/c1-2-47-24-8-4-7-23(30(24)49-34-29(43)28(42)27(41)25(18-40)48-34)26(37-22-6-3-5-20(17-22)31(35)36)32(44)38-21-11-9-19(10-12-21)33(45)39-13-15-46-16-14-39/h3-12,17,25-29,34,37,40-43H,2,13-16,18H2,1H3,(H3,35,36)(H,38,44). The van der Waals surface area contributed by atoms with Crippen LogP contribution in [0.4, 0.5) is 11.4 Å². The molecule has 49 heavy (non-hydrogen) atoms. The summed E-state index contributed by atoms with van der Waals surface area (Å²) < 4.78 is 22.9. The predicted molar refractivity (Wildman–Crippen MR) is 178 cm³/mol. The van der Waals surface area contributed by atoms with Crippen LogP contribution in [-0.2, 0) is 14.3 Å². The number of hydrogen-bond acceptors (Lipinski definition) is 12. The fourth-order valence-corrected chi connectivity index (χ4v) is 5.52. The van der Waals surface area contributed by atoms with Crippen LogP contribution >= 0.6 is 0 Å². The molecule has 0 aromatic heterocycles. The Kier molecular flexibility index (Phi) is 11.7. The van der Waals surface area contributed by atoms with Crippen LogP contribution < -0.4 is 25.8 Å². The number of hydrogen-bond donors (Lipinski definition) is 8. The number of nitrogens with one attached hydrogen (secondary N) is 3. The zero-order valence-electron chi connectivity index (χ0n) is 26.8. The number of amides is 2. The van der Waals surface area contributed by atoms with Gasteiger partial charge in [-0.3, -0.25) is 15.0 Å². The predicted octanol–water partition coefficient (Wildman–Crippen LogP) is 0.812. The molecule has 0 radical (unpaired) electrons. The Bertz CT molecular complexity index is 1620. The van der Waals surface area contributed by atoms with E-state index in [0.717, 1.165) is 0 Å². The number of nitrogen functional groups attached to an aromatic ring is 1. The van der Waals surface area contributed by atoms with Crippen molar-refractivity contribution in [2.75, 3.05) is 50.2 Å². The number of aliphatic hydroxyl groups is 4. The Morgan fingerprint density at radius 2 is 1.69 bits per heavy atom. The van der Waals surface area contributed by atoms with E-state index in [2.05, 4.69) is 10.6 Å². The summed E-state index contributed by atoms with van der Waals surface area (Å²) in [5.74, 6) is -0.724. The van der Waals surface area contributed by atoms with Gasteiger partial charge in [0.25, 0.3) is 11.8 Å². The smallest absolute Gasteiger partial charge is 0.254 e. The van der Waals surface area contributed by atoms with E-state index in [9.17, 15) is 30.0 Å². The summed E-state index contributed by atoms with van der Waals surface area (Å²) in [6.45, 7) is 3.20. The second kappa shape index (κ2) is 16.1. The maximum absolute atomic E-state index is 14.2. The van der Waals surface area contributed by atoms with Gasteiger partial charge in [-0.1, -0.05) is 24.3 Å². The van der Waals surface area contributed by atoms with Crippen LogP contribution in [0.5, 0.6) is 11.5 Å². The van der Waals surface area contributed by atoms with Gasteiger partial charge < -0.3 is 60.6 Å². The molecule has 15 heteroatoms. The molecular weight excluding hydrogens is 638 g/mol. The van der Waals surface area contributed by atoms with E-state index >= 15 is 0 Å². The molecule has 2 saturated heterocycles. The maximum Gasteiger partial charge on any atom is 0.254 e. The Morgan fingerprint density at radius 1 is 0.980 bits per heavy atom. The number of nitrogens with zero attached hydrogens (tertiary/aromatic N) is 1. The van der Waals surface area contributed by atoms with E-state index in [0.29, 0.717) is 48.8 Å². The molecule has 3 aromatic carbocycles. The van der Waals surface area contributed by atoms with Gasteiger partial charge in [-0.25, -0.2) is 0 Å². The molecule has 0 bridgehead atoms. The van der Waals surface area contributed by atoms with Crippen molar-refractivity contribution < 1.29 is 49.0 Å². The minimum absolute atomic E-state index is 0.0180. The van der Waals surface area contributed by atoms with Crippen LogP contribution in [-0.4, -0.2) is 113 Å². The van der Waals surface area contributed by atoms with Crippen LogP contribution in [0, 0.1) is 5.41 Å². The first-order valence-corrected chi connectivity index (χ1v) is 15.8. The molecule has 2 heterocycles. The maximum atomic E-state index is 14.2. The number of morpholine rings is 1. The number of carbonyl (C=O) groups excluding carboxylic acids is 2. The topological polar surface area (TPSA) is 229 Å². The first-order valence-electron chi connectivity index (χ1n) is 15.8. The zero-order chi connectivity index (χ0) is 35.1. The van der Waals surface area contributed by atoms with Crippen molar-refractivity contribution in [3.05, 3.63) is 83.4 Å². The van der Waals surface area contributed by atoms with Crippen LogP contribution in [0.15, 0.2) is 66.7 Å². The summed E-state index contributed by atoms with van der Waals surface area (Å²) in [6.07, 6.45) is -7.85. The van der Waals surface area contributed by atoms with Crippen LogP contribution in [0.25, 0.3) is 0 Å². The lowest BCUT2D eigenvalue weighted by Gasteiger charge is -2.40. The molecular formula is C34H41N5O10. The molecule has 9 N–H and O–H groups in total. The lowest BCUT2D eigenvalue weighted by atomic mass is 9.99. The second-order valence-corrected chi connectivity index (χ2v) is 11.5. The average molecular weight is 680 g/mol. The number of nitrogens with two attached hydrogens (primary N) is 1. The summed E-state index contributed by atoms with van der Waals surface area (Å²) in [6, 6.07) is 16.7. The van der Waals surface area contributed by atoms with Gasteiger partial charge in [0.2, 0.25) is 6.29 Å². The van der Waals surface area contributed by atoms with Crippen molar-refractivity contribution in [2.24, 2.45) is 5.73 Å². The van der Waals surface area contributed by atoms with E-state index in [1.54, 1.807) is 78.6 Å². The lowest BCUT2D eigenvalue weighted by Crippen LogP contribution is -2.60. The van der Waals surface area contributed by atoms with Crippen molar-refractivity contribution in [1.29, 1.82) is 5.41 Å². The Balaban J connectivity index is 1.49. The number of benzene rings is 3. The molecule has 262 valence electrons. The number of amidine groups is 1. The number of para-hydroxylation sites is 1. The van der Waals surface area contributed by atoms with Crippen molar-refractivity contribution in [3.63, 3.8) is 0 Å².